The summed E-state index contributed by atoms with van der Waals surface area (Å²) in [4.78, 5) is 47.4. The molecule has 1 aliphatic heterocycles. The molecule has 0 spiro atoms. The topological polar surface area (TPSA) is 78.2 Å². The highest BCUT2D eigenvalue weighted by Crippen LogP contribution is 2.23. The Kier molecular flexibility index (Phi) is 4.67. The maximum Gasteiger partial charge on any atom is 0.319 e. The zero-order valence-corrected chi connectivity index (χ0v) is 16.4. The molecule has 144 valence electrons. The van der Waals surface area contributed by atoms with Crippen LogP contribution in [-0.2, 0) is 0 Å². The van der Waals surface area contributed by atoms with E-state index < -0.39 is 5.54 Å². The Bertz CT molecular complexity index is 963. The van der Waals surface area contributed by atoms with Gasteiger partial charge in [-0.2, -0.15) is 0 Å². The molecule has 0 saturated carbocycles. The van der Waals surface area contributed by atoms with Gasteiger partial charge in [-0.1, -0.05) is 6.07 Å². The molecule has 8 nitrogen and oxygen atoms in total. The summed E-state index contributed by atoms with van der Waals surface area (Å²) in [5, 5.41) is 0. The first-order valence-electron chi connectivity index (χ1n) is 8.88. The second-order valence-electron chi connectivity index (χ2n) is 7.78. The summed E-state index contributed by atoms with van der Waals surface area (Å²) in [6.45, 7) is 6.86. The van der Waals surface area contributed by atoms with Crippen molar-refractivity contribution in [1.29, 1.82) is 0 Å². The van der Waals surface area contributed by atoms with Crippen LogP contribution in [0.25, 0.3) is 5.65 Å². The third kappa shape index (κ3) is 3.39. The predicted molar refractivity (Wildman–Crippen MR) is 102 cm³/mol. The molecule has 3 amide bonds. The van der Waals surface area contributed by atoms with Gasteiger partial charge in [0.15, 0.2) is 0 Å². The van der Waals surface area contributed by atoms with E-state index in [-0.39, 0.29) is 23.1 Å². The van der Waals surface area contributed by atoms with Crippen molar-refractivity contribution in [3.05, 3.63) is 46.0 Å². The van der Waals surface area contributed by atoms with E-state index in [2.05, 4.69) is 4.98 Å². The first-order chi connectivity index (χ1) is 12.6. The van der Waals surface area contributed by atoms with Crippen LogP contribution in [0.3, 0.4) is 0 Å². The van der Waals surface area contributed by atoms with Gasteiger partial charge in [-0.25, -0.2) is 9.78 Å². The van der Waals surface area contributed by atoms with Crippen LogP contribution in [0.4, 0.5) is 4.79 Å². The maximum atomic E-state index is 13.1. The molecule has 1 fully saturated rings. The fourth-order valence-corrected chi connectivity index (χ4v) is 3.45. The lowest BCUT2D eigenvalue weighted by Gasteiger charge is -2.47. The molecule has 3 rings (SSSR count). The van der Waals surface area contributed by atoms with Gasteiger partial charge in [-0.15, -0.1) is 0 Å². The summed E-state index contributed by atoms with van der Waals surface area (Å²) in [5.74, 6) is -0.356. The summed E-state index contributed by atoms with van der Waals surface area (Å²) < 4.78 is 1.40. The normalized spacial score (nSPS) is 16.5. The lowest BCUT2D eigenvalue weighted by molar-refractivity contribution is 0.0239. The van der Waals surface area contributed by atoms with Crippen LogP contribution in [0.15, 0.2) is 29.3 Å². The van der Waals surface area contributed by atoms with E-state index >= 15 is 0 Å². The monoisotopic (exact) mass is 371 g/mol. The largest absolute Gasteiger partial charge is 0.331 e. The van der Waals surface area contributed by atoms with Gasteiger partial charge in [-0.3, -0.25) is 14.0 Å². The average molecular weight is 371 g/mol. The number of fused-ring (bicyclic) bond motifs is 1. The van der Waals surface area contributed by atoms with E-state index in [0.29, 0.717) is 25.3 Å². The molecule has 2 aromatic heterocycles. The first-order valence-corrected chi connectivity index (χ1v) is 8.88. The number of carbonyl (C=O) groups is 2. The lowest BCUT2D eigenvalue weighted by atomic mass is 9.98. The molecule has 2 aromatic rings. The van der Waals surface area contributed by atoms with E-state index in [4.69, 9.17) is 0 Å². The van der Waals surface area contributed by atoms with Gasteiger partial charge in [0.2, 0.25) is 0 Å². The third-order valence-corrected chi connectivity index (χ3v) is 4.88. The molecular formula is C19H25N5O3. The number of rotatable bonds is 1. The van der Waals surface area contributed by atoms with Crippen LogP contribution >= 0.6 is 0 Å². The van der Waals surface area contributed by atoms with Crippen LogP contribution in [0.2, 0.25) is 0 Å². The number of nitrogens with zero attached hydrogens (tertiary/aromatic N) is 5. The number of aromatic nitrogens is 2. The molecule has 0 N–H and O–H groups in total. The zero-order chi connectivity index (χ0) is 19.9. The smallest absolute Gasteiger partial charge is 0.319 e. The van der Waals surface area contributed by atoms with Crippen molar-refractivity contribution in [2.45, 2.75) is 26.3 Å². The molecule has 0 atom stereocenters. The minimum atomic E-state index is -0.598. The van der Waals surface area contributed by atoms with Crippen molar-refractivity contribution in [3.8, 4) is 0 Å². The average Bonchev–Trinajstić information content (AvgIpc) is 2.60. The van der Waals surface area contributed by atoms with E-state index in [1.165, 1.54) is 15.5 Å². The summed E-state index contributed by atoms with van der Waals surface area (Å²) >= 11 is 0. The molecule has 0 aliphatic carbocycles. The Hall–Kier alpha value is -2.90. The first kappa shape index (κ1) is 18.9. The SMILES string of the molecule is Cc1ccc2ncc(C(=O)N3CCN(C(=O)N(C)C)CC3(C)C)c(=O)n2c1. The molecular weight excluding hydrogens is 346 g/mol. The number of carbonyl (C=O) groups excluding carboxylic acids is 2. The third-order valence-electron chi connectivity index (χ3n) is 4.88. The van der Waals surface area contributed by atoms with Gasteiger partial charge in [0.05, 0.1) is 5.54 Å². The number of amides is 3. The Morgan fingerprint density at radius 1 is 1.19 bits per heavy atom. The molecule has 0 aromatic carbocycles. The van der Waals surface area contributed by atoms with E-state index in [0.717, 1.165) is 5.56 Å². The second-order valence-corrected chi connectivity index (χ2v) is 7.78. The Labute approximate surface area is 158 Å². The Morgan fingerprint density at radius 2 is 1.89 bits per heavy atom. The summed E-state index contributed by atoms with van der Waals surface area (Å²) in [6, 6.07) is 3.53. The lowest BCUT2D eigenvalue weighted by Crippen LogP contribution is -2.63. The van der Waals surface area contributed by atoms with Crippen LogP contribution in [-0.4, -0.2) is 75.3 Å². The minimum absolute atomic E-state index is 0.0403. The van der Waals surface area contributed by atoms with Crippen LogP contribution in [0, 0.1) is 6.92 Å². The molecule has 0 radical (unpaired) electrons. The van der Waals surface area contributed by atoms with Crippen molar-refractivity contribution in [1.82, 2.24) is 24.1 Å². The summed E-state index contributed by atoms with van der Waals surface area (Å²) in [6.07, 6.45) is 3.03. The number of pyridine rings is 1. The van der Waals surface area contributed by atoms with Crippen LogP contribution < -0.4 is 5.56 Å². The quantitative estimate of drug-likeness (QED) is 0.755. The van der Waals surface area contributed by atoms with Crippen molar-refractivity contribution in [2.75, 3.05) is 33.7 Å². The van der Waals surface area contributed by atoms with Crippen LogP contribution in [0.1, 0.15) is 29.8 Å². The van der Waals surface area contributed by atoms with Gasteiger partial charge in [0.25, 0.3) is 11.5 Å². The minimum Gasteiger partial charge on any atom is -0.331 e. The number of urea groups is 1. The van der Waals surface area contributed by atoms with Gasteiger partial charge in [-0.05, 0) is 32.4 Å². The van der Waals surface area contributed by atoms with Crippen LogP contribution in [0.5, 0.6) is 0 Å². The Morgan fingerprint density at radius 3 is 2.52 bits per heavy atom. The second kappa shape index (κ2) is 6.68. The molecule has 1 saturated heterocycles. The van der Waals surface area contributed by atoms with E-state index in [1.54, 1.807) is 36.2 Å². The number of hydrogen-bond donors (Lipinski definition) is 0. The van der Waals surface area contributed by atoms with Gasteiger partial charge in [0, 0.05) is 46.1 Å². The standard InChI is InChI=1S/C19H25N5O3/c1-13-6-7-15-20-10-14(16(25)23(15)11-13)17(26)24-9-8-22(12-19(24,2)3)18(27)21(4)5/h6-7,10-11H,8-9,12H2,1-5H3. The maximum absolute atomic E-state index is 13.1. The fraction of sp³-hybridized carbons (Fsp3) is 0.474. The summed E-state index contributed by atoms with van der Waals surface area (Å²) in [5.41, 5.74) is 0.476. The predicted octanol–water partition coefficient (Wildman–Crippen LogP) is 1.22. The highest BCUT2D eigenvalue weighted by molar-refractivity contribution is 5.94. The fourth-order valence-electron chi connectivity index (χ4n) is 3.45. The Balaban J connectivity index is 1.92. The number of hydrogen-bond acceptors (Lipinski definition) is 4. The van der Waals surface area contributed by atoms with Crippen molar-refractivity contribution in [3.63, 3.8) is 0 Å². The van der Waals surface area contributed by atoms with Gasteiger partial charge in [0.1, 0.15) is 11.2 Å². The zero-order valence-electron chi connectivity index (χ0n) is 16.4. The van der Waals surface area contributed by atoms with Gasteiger partial charge >= 0.3 is 6.03 Å². The molecule has 0 bridgehead atoms. The summed E-state index contributed by atoms with van der Waals surface area (Å²) in [7, 11) is 3.41. The molecule has 8 heteroatoms. The molecule has 1 aliphatic rings. The van der Waals surface area contributed by atoms with Crippen molar-refractivity contribution in [2.24, 2.45) is 0 Å². The van der Waals surface area contributed by atoms with E-state index in [1.807, 2.05) is 26.8 Å². The highest BCUT2D eigenvalue weighted by atomic mass is 16.2. The number of aryl methyl sites for hydroxylation is 1. The number of piperazine rings is 1. The van der Waals surface area contributed by atoms with Crippen molar-refractivity contribution >= 4 is 17.6 Å². The molecule has 3 heterocycles. The van der Waals surface area contributed by atoms with Gasteiger partial charge < -0.3 is 14.7 Å². The highest BCUT2D eigenvalue weighted by Gasteiger charge is 2.39. The molecule has 27 heavy (non-hydrogen) atoms. The van der Waals surface area contributed by atoms with Crippen molar-refractivity contribution < 1.29 is 9.59 Å². The van der Waals surface area contributed by atoms with E-state index in [9.17, 15) is 14.4 Å². The molecule has 0 unspecified atom stereocenters.